The zero-order valence-corrected chi connectivity index (χ0v) is 10.5. The Morgan fingerprint density at radius 3 is 2.63 bits per heavy atom. The van der Waals surface area contributed by atoms with E-state index in [0.29, 0.717) is 29.1 Å². The normalized spacial score (nSPS) is 11.1. The number of aromatic nitrogens is 1. The Bertz CT molecular complexity index is 693. The second kappa shape index (κ2) is 4.48. The highest BCUT2D eigenvalue weighted by molar-refractivity contribution is 5.77. The number of rotatable bonds is 2. The third-order valence-electron chi connectivity index (χ3n) is 3.11. The highest BCUT2D eigenvalue weighted by Crippen LogP contribution is 2.26. The molecule has 2 aromatic carbocycles. The predicted octanol–water partition coefficient (Wildman–Crippen LogP) is 3.40. The number of hydrogen-bond acceptors (Lipinski definition) is 3. The Balaban J connectivity index is 2.09. The van der Waals surface area contributed by atoms with Gasteiger partial charge in [0.15, 0.2) is 5.58 Å². The first-order valence-corrected chi connectivity index (χ1v) is 6.03. The average molecular weight is 256 g/mol. The van der Waals surface area contributed by atoms with Crippen molar-refractivity contribution < 1.29 is 8.81 Å². The van der Waals surface area contributed by atoms with Gasteiger partial charge in [0.2, 0.25) is 5.89 Å². The molecule has 96 valence electrons. The summed E-state index contributed by atoms with van der Waals surface area (Å²) in [6, 6.07) is 10.7. The Hall–Kier alpha value is -2.20. The zero-order valence-electron chi connectivity index (χ0n) is 10.5. The fourth-order valence-corrected chi connectivity index (χ4v) is 1.96. The fourth-order valence-electron chi connectivity index (χ4n) is 1.96. The maximum atomic E-state index is 13.5. The molecule has 0 aliphatic heterocycles. The van der Waals surface area contributed by atoms with Gasteiger partial charge in [-0.1, -0.05) is 12.1 Å². The third-order valence-corrected chi connectivity index (χ3v) is 3.11. The summed E-state index contributed by atoms with van der Waals surface area (Å²) in [7, 11) is 0. The summed E-state index contributed by atoms with van der Waals surface area (Å²) in [6.07, 6.45) is 0. The minimum absolute atomic E-state index is 0.284. The Labute approximate surface area is 109 Å². The van der Waals surface area contributed by atoms with Crippen molar-refractivity contribution in [1.29, 1.82) is 0 Å². The first-order valence-electron chi connectivity index (χ1n) is 6.03. The summed E-state index contributed by atoms with van der Waals surface area (Å²) in [6.45, 7) is 2.21. The molecule has 4 heteroatoms. The van der Waals surface area contributed by atoms with Crippen LogP contribution >= 0.6 is 0 Å². The number of oxazole rings is 1. The van der Waals surface area contributed by atoms with Crippen molar-refractivity contribution in [3.63, 3.8) is 0 Å². The lowest BCUT2D eigenvalue weighted by Gasteiger charge is -1.97. The molecular formula is C15H13FN2O. The van der Waals surface area contributed by atoms with E-state index in [2.05, 4.69) is 4.98 Å². The van der Waals surface area contributed by atoms with Crippen molar-refractivity contribution in [2.24, 2.45) is 5.73 Å². The van der Waals surface area contributed by atoms with E-state index < -0.39 is 0 Å². The lowest BCUT2D eigenvalue weighted by Crippen LogP contribution is -1.95. The molecule has 0 saturated carbocycles. The molecule has 3 aromatic rings. The molecule has 0 radical (unpaired) electrons. The molecule has 0 fully saturated rings. The van der Waals surface area contributed by atoms with Crippen LogP contribution in [0.15, 0.2) is 40.8 Å². The molecular weight excluding hydrogens is 243 g/mol. The Morgan fingerprint density at radius 1 is 1.21 bits per heavy atom. The standard InChI is InChI=1S/C15H13FN2O/c1-9-6-13-14(7-12(9)16)19-15(18-13)11-4-2-10(8-17)3-5-11/h2-7H,8,17H2,1H3. The van der Waals surface area contributed by atoms with Gasteiger partial charge in [-0.3, -0.25) is 0 Å². The Kier molecular flexibility index (Phi) is 2.80. The molecule has 19 heavy (non-hydrogen) atoms. The maximum absolute atomic E-state index is 13.5. The van der Waals surface area contributed by atoms with Crippen LogP contribution in [-0.2, 0) is 6.54 Å². The van der Waals surface area contributed by atoms with Crippen molar-refractivity contribution in [1.82, 2.24) is 4.98 Å². The fraction of sp³-hybridized carbons (Fsp3) is 0.133. The largest absolute Gasteiger partial charge is 0.436 e. The van der Waals surface area contributed by atoms with E-state index in [1.165, 1.54) is 6.07 Å². The van der Waals surface area contributed by atoms with Gasteiger partial charge in [0.05, 0.1) is 0 Å². The van der Waals surface area contributed by atoms with Gasteiger partial charge in [0.25, 0.3) is 0 Å². The lowest BCUT2D eigenvalue weighted by molar-refractivity contribution is 0.598. The summed E-state index contributed by atoms with van der Waals surface area (Å²) in [5.41, 5.74) is 9.13. The van der Waals surface area contributed by atoms with Gasteiger partial charge in [0.1, 0.15) is 11.3 Å². The minimum Gasteiger partial charge on any atom is -0.436 e. The van der Waals surface area contributed by atoms with Crippen LogP contribution in [0.2, 0.25) is 0 Å². The van der Waals surface area contributed by atoms with Crippen LogP contribution in [0, 0.1) is 12.7 Å². The Morgan fingerprint density at radius 2 is 1.95 bits per heavy atom. The van der Waals surface area contributed by atoms with Gasteiger partial charge < -0.3 is 10.2 Å². The quantitative estimate of drug-likeness (QED) is 0.764. The number of halogens is 1. The number of fused-ring (bicyclic) bond motifs is 1. The number of hydrogen-bond donors (Lipinski definition) is 1. The highest BCUT2D eigenvalue weighted by Gasteiger charge is 2.10. The van der Waals surface area contributed by atoms with E-state index in [4.69, 9.17) is 10.2 Å². The second-order valence-corrected chi connectivity index (χ2v) is 4.49. The van der Waals surface area contributed by atoms with E-state index in [1.54, 1.807) is 13.0 Å². The van der Waals surface area contributed by atoms with Crippen LogP contribution in [0.5, 0.6) is 0 Å². The summed E-state index contributed by atoms with van der Waals surface area (Å²) in [4.78, 5) is 4.38. The molecule has 0 atom stereocenters. The number of nitrogens with two attached hydrogens (primary N) is 1. The van der Waals surface area contributed by atoms with Gasteiger partial charge in [-0.25, -0.2) is 9.37 Å². The van der Waals surface area contributed by atoms with E-state index in [0.717, 1.165) is 11.1 Å². The molecule has 0 unspecified atom stereocenters. The smallest absolute Gasteiger partial charge is 0.227 e. The van der Waals surface area contributed by atoms with Gasteiger partial charge in [-0.2, -0.15) is 0 Å². The summed E-state index contributed by atoms with van der Waals surface area (Å²) >= 11 is 0. The van der Waals surface area contributed by atoms with Gasteiger partial charge in [0, 0.05) is 18.2 Å². The lowest BCUT2D eigenvalue weighted by atomic mass is 10.1. The van der Waals surface area contributed by atoms with Crippen molar-refractivity contribution in [2.75, 3.05) is 0 Å². The molecule has 3 rings (SSSR count). The minimum atomic E-state index is -0.284. The molecule has 0 bridgehead atoms. The molecule has 0 aliphatic rings. The number of nitrogens with zero attached hydrogens (tertiary/aromatic N) is 1. The van der Waals surface area contributed by atoms with Crippen LogP contribution in [0.4, 0.5) is 4.39 Å². The summed E-state index contributed by atoms with van der Waals surface area (Å²) in [5, 5.41) is 0. The molecule has 0 spiro atoms. The van der Waals surface area contributed by atoms with Crippen molar-refractivity contribution >= 4 is 11.1 Å². The average Bonchev–Trinajstić information content (AvgIpc) is 2.82. The van der Waals surface area contributed by atoms with Gasteiger partial charge >= 0.3 is 0 Å². The molecule has 2 N–H and O–H groups in total. The number of aryl methyl sites for hydroxylation is 1. The van der Waals surface area contributed by atoms with Crippen LogP contribution in [0.25, 0.3) is 22.6 Å². The molecule has 0 saturated heterocycles. The van der Waals surface area contributed by atoms with E-state index in [1.807, 2.05) is 24.3 Å². The van der Waals surface area contributed by atoms with E-state index in [9.17, 15) is 4.39 Å². The molecule has 1 aromatic heterocycles. The van der Waals surface area contributed by atoms with Crippen LogP contribution < -0.4 is 5.73 Å². The highest BCUT2D eigenvalue weighted by atomic mass is 19.1. The molecule has 0 amide bonds. The molecule has 0 aliphatic carbocycles. The second-order valence-electron chi connectivity index (χ2n) is 4.49. The van der Waals surface area contributed by atoms with E-state index in [-0.39, 0.29) is 5.82 Å². The van der Waals surface area contributed by atoms with Crippen molar-refractivity contribution in [3.8, 4) is 11.5 Å². The monoisotopic (exact) mass is 256 g/mol. The zero-order chi connectivity index (χ0) is 13.4. The van der Waals surface area contributed by atoms with Crippen LogP contribution in [0.1, 0.15) is 11.1 Å². The van der Waals surface area contributed by atoms with Crippen molar-refractivity contribution in [2.45, 2.75) is 13.5 Å². The molecule has 1 heterocycles. The first kappa shape index (κ1) is 11.9. The van der Waals surface area contributed by atoms with Gasteiger partial charge in [-0.15, -0.1) is 0 Å². The van der Waals surface area contributed by atoms with Gasteiger partial charge in [-0.05, 0) is 36.2 Å². The van der Waals surface area contributed by atoms with Crippen molar-refractivity contribution in [3.05, 3.63) is 53.3 Å². The topological polar surface area (TPSA) is 52.0 Å². The maximum Gasteiger partial charge on any atom is 0.227 e. The predicted molar refractivity (Wildman–Crippen MR) is 72.0 cm³/mol. The molecule has 3 nitrogen and oxygen atoms in total. The third kappa shape index (κ3) is 2.11. The van der Waals surface area contributed by atoms with Crippen LogP contribution in [-0.4, -0.2) is 4.98 Å². The summed E-state index contributed by atoms with van der Waals surface area (Å²) < 4.78 is 19.0. The SMILES string of the molecule is Cc1cc2nc(-c3ccc(CN)cc3)oc2cc1F. The first-order chi connectivity index (χ1) is 9.17. The summed E-state index contributed by atoms with van der Waals surface area (Å²) in [5.74, 6) is 0.206. The van der Waals surface area contributed by atoms with Crippen LogP contribution in [0.3, 0.4) is 0 Å². The number of benzene rings is 2. The van der Waals surface area contributed by atoms with E-state index >= 15 is 0 Å².